The van der Waals surface area contributed by atoms with Gasteiger partial charge in [0.25, 0.3) is 0 Å². The van der Waals surface area contributed by atoms with Gasteiger partial charge in [0.1, 0.15) is 0 Å². The highest BCUT2D eigenvalue weighted by Gasteiger charge is 2.11. The van der Waals surface area contributed by atoms with E-state index in [0.717, 1.165) is 9.35 Å². The molecule has 0 spiro atoms. The molecule has 0 N–H and O–H groups in total. The van der Waals surface area contributed by atoms with Gasteiger partial charge >= 0.3 is 6.09 Å². The first-order valence-electron chi connectivity index (χ1n) is 5.10. The van der Waals surface area contributed by atoms with Crippen LogP contribution in [0.15, 0.2) is 15.2 Å². The van der Waals surface area contributed by atoms with E-state index in [1.165, 1.54) is 0 Å². The van der Waals surface area contributed by atoms with Crippen molar-refractivity contribution in [2.24, 2.45) is 5.92 Å². The van der Waals surface area contributed by atoms with Gasteiger partial charge in [-0.05, 0) is 38.9 Å². The molecule has 3 nitrogen and oxygen atoms in total. The van der Waals surface area contributed by atoms with Crippen LogP contribution in [0.3, 0.4) is 0 Å². The summed E-state index contributed by atoms with van der Waals surface area (Å²) in [4.78, 5) is 13.1. The van der Waals surface area contributed by atoms with Crippen molar-refractivity contribution in [1.82, 2.24) is 4.90 Å². The van der Waals surface area contributed by atoms with E-state index in [-0.39, 0.29) is 6.09 Å². The Kier molecular flexibility index (Phi) is 5.28. The second kappa shape index (κ2) is 6.25. The van der Waals surface area contributed by atoms with Crippen molar-refractivity contribution < 1.29 is 9.53 Å². The minimum atomic E-state index is -0.268. The van der Waals surface area contributed by atoms with Crippen LogP contribution in [0.2, 0.25) is 0 Å². The van der Waals surface area contributed by atoms with E-state index in [0.29, 0.717) is 19.1 Å². The quantitative estimate of drug-likeness (QED) is 0.848. The number of halogens is 1. The molecule has 90 valence electrons. The van der Waals surface area contributed by atoms with Gasteiger partial charge in [0.2, 0.25) is 0 Å². The number of thiophene rings is 1. The number of rotatable bonds is 4. The van der Waals surface area contributed by atoms with Crippen molar-refractivity contribution in [2.75, 3.05) is 13.7 Å². The summed E-state index contributed by atoms with van der Waals surface area (Å²) in [6, 6.07) is 2.01. The summed E-state index contributed by atoms with van der Waals surface area (Å²) in [5.41, 5.74) is 1.11. The number of carbonyl (C=O) groups is 1. The molecule has 0 saturated carbocycles. The van der Waals surface area contributed by atoms with Gasteiger partial charge in [-0.15, -0.1) is 11.3 Å². The predicted molar refractivity (Wildman–Crippen MR) is 69.7 cm³/mol. The molecular weight excluding hydrogens is 290 g/mol. The molecule has 1 aromatic heterocycles. The van der Waals surface area contributed by atoms with Crippen molar-refractivity contribution in [3.63, 3.8) is 0 Å². The van der Waals surface area contributed by atoms with Crippen molar-refractivity contribution in [3.05, 3.63) is 20.8 Å². The first kappa shape index (κ1) is 13.5. The van der Waals surface area contributed by atoms with E-state index >= 15 is 0 Å². The van der Waals surface area contributed by atoms with E-state index in [2.05, 4.69) is 15.9 Å². The molecule has 0 saturated heterocycles. The number of amides is 1. The van der Waals surface area contributed by atoms with Crippen molar-refractivity contribution in [3.8, 4) is 0 Å². The molecule has 0 bridgehead atoms. The van der Waals surface area contributed by atoms with Crippen LogP contribution in [0.25, 0.3) is 0 Å². The molecule has 0 aliphatic rings. The first-order valence-corrected chi connectivity index (χ1v) is 6.77. The molecule has 0 aromatic carbocycles. The Labute approximate surface area is 109 Å². The topological polar surface area (TPSA) is 29.5 Å². The van der Waals surface area contributed by atoms with Crippen LogP contribution in [0, 0.1) is 5.92 Å². The third-order valence-corrected chi connectivity index (χ3v) is 3.45. The maximum absolute atomic E-state index is 11.6. The van der Waals surface area contributed by atoms with E-state index in [1.54, 1.807) is 23.3 Å². The Bertz CT molecular complexity index is 352. The maximum Gasteiger partial charge on any atom is 0.409 e. The molecule has 1 amide bonds. The number of hydrogen-bond donors (Lipinski definition) is 0. The van der Waals surface area contributed by atoms with Crippen LogP contribution in [0.5, 0.6) is 0 Å². The van der Waals surface area contributed by atoms with E-state index in [1.807, 2.05) is 25.3 Å². The van der Waals surface area contributed by atoms with Gasteiger partial charge in [-0.25, -0.2) is 4.79 Å². The molecule has 0 aliphatic heterocycles. The van der Waals surface area contributed by atoms with Crippen LogP contribution in [-0.2, 0) is 11.3 Å². The van der Waals surface area contributed by atoms with Crippen LogP contribution in [0.1, 0.15) is 19.4 Å². The number of nitrogens with zero attached hydrogens (tertiary/aromatic N) is 1. The van der Waals surface area contributed by atoms with Crippen LogP contribution < -0.4 is 0 Å². The second-order valence-corrected chi connectivity index (χ2v) is 6.38. The van der Waals surface area contributed by atoms with Gasteiger partial charge in [0.05, 0.1) is 10.4 Å². The zero-order valence-corrected chi connectivity index (χ0v) is 12.1. The normalized spacial score (nSPS) is 10.6. The summed E-state index contributed by atoms with van der Waals surface area (Å²) < 4.78 is 6.20. The van der Waals surface area contributed by atoms with Crippen LogP contribution in [-0.4, -0.2) is 24.6 Å². The first-order chi connectivity index (χ1) is 7.49. The van der Waals surface area contributed by atoms with Gasteiger partial charge in [-0.1, -0.05) is 13.8 Å². The molecule has 5 heteroatoms. The maximum atomic E-state index is 11.6. The lowest BCUT2D eigenvalue weighted by Gasteiger charge is -2.17. The standard InChI is InChI=1S/C11H16BrNO2S/c1-8(2)6-15-11(14)13(3)5-9-4-10(12)16-7-9/h4,7-8H,5-6H2,1-3H3. The van der Waals surface area contributed by atoms with Crippen LogP contribution in [0.4, 0.5) is 4.79 Å². The SMILES string of the molecule is CC(C)COC(=O)N(C)Cc1csc(Br)c1. The lowest BCUT2D eigenvalue weighted by molar-refractivity contribution is 0.0980. The number of ether oxygens (including phenoxy) is 1. The fourth-order valence-corrected chi connectivity index (χ4v) is 2.32. The molecule has 0 atom stereocenters. The van der Waals surface area contributed by atoms with Gasteiger partial charge < -0.3 is 9.64 Å². The fourth-order valence-electron chi connectivity index (χ4n) is 1.12. The average Bonchev–Trinajstić information content (AvgIpc) is 2.60. The molecule has 1 aromatic rings. The minimum Gasteiger partial charge on any atom is -0.449 e. The van der Waals surface area contributed by atoms with Crippen molar-refractivity contribution in [1.29, 1.82) is 0 Å². The van der Waals surface area contributed by atoms with Gasteiger partial charge in [-0.3, -0.25) is 0 Å². The highest BCUT2D eigenvalue weighted by molar-refractivity contribution is 9.11. The molecule has 16 heavy (non-hydrogen) atoms. The van der Waals surface area contributed by atoms with E-state index in [9.17, 15) is 4.79 Å². The van der Waals surface area contributed by atoms with E-state index in [4.69, 9.17) is 4.74 Å². The van der Waals surface area contributed by atoms with Crippen LogP contribution >= 0.6 is 27.3 Å². The molecular formula is C11H16BrNO2S. The summed E-state index contributed by atoms with van der Waals surface area (Å²) in [5, 5.41) is 2.02. The summed E-state index contributed by atoms with van der Waals surface area (Å²) in [6.07, 6.45) is -0.268. The minimum absolute atomic E-state index is 0.268. The second-order valence-electron chi connectivity index (χ2n) is 4.09. The zero-order valence-electron chi connectivity index (χ0n) is 9.70. The Morgan fingerprint density at radius 2 is 2.31 bits per heavy atom. The molecule has 1 heterocycles. The Balaban J connectivity index is 2.39. The molecule has 0 radical (unpaired) electrons. The molecule has 1 rings (SSSR count). The van der Waals surface area contributed by atoms with Crippen molar-refractivity contribution in [2.45, 2.75) is 20.4 Å². The van der Waals surface area contributed by atoms with Gasteiger partial charge in [-0.2, -0.15) is 0 Å². The Morgan fingerprint density at radius 1 is 1.62 bits per heavy atom. The molecule has 0 aliphatic carbocycles. The predicted octanol–water partition coefficient (Wildman–Crippen LogP) is 3.74. The fraction of sp³-hybridized carbons (Fsp3) is 0.545. The smallest absolute Gasteiger partial charge is 0.409 e. The Hall–Kier alpha value is -0.550. The monoisotopic (exact) mass is 305 g/mol. The lowest BCUT2D eigenvalue weighted by atomic mass is 10.2. The number of hydrogen-bond acceptors (Lipinski definition) is 3. The van der Waals surface area contributed by atoms with Gasteiger partial charge in [0, 0.05) is 13.6 Å². The largest absolute Gasteiger partial charge is 0.449 e. The zero-order chi connectivity index (χ0) is 12.1. The third kappa shape index (κ3) is 4.53. The Morgan fingerprint density at radius 3 is 2.81 bits per heavy atom. The third-order valence-electron chi connectivity index (χ3n) is 1.89. The summed E-state index contributed by atoms with van der Waals surface area (Å²) in [6.45, 7) is 5.09. The van der Waals surface area contributed by atoms with Crippen molar-refractivity contribution >= 4 is 33.4 Å². The highest BCUT2D eigenvalue weighted by atomic mass is 79.9. The highest BCUT2D eigenvalue weighted by Crippen LogP contribution is 2.21. The summed E-state index contributed by atoms with van der Waals surface area (Å²) in [7, 11) is 1.74. The summed E-state index contributed by atoms with van der Waals surface area (Å²) >= 11 is 5.01. The average molecular weight is 306 g/mol. The molecule has 0 unspecified atom stereocenters. The number of carbonyl (C=O) groups excluding carboxylic acids is 1. The lowest BCUT2D eigenvalue weighted by Crippen LogP contribution is -2.27. The molecule has 0 fully saturated rings. The van der Waals surface area contributed by atoms with E-state index < -0.39 is 0 Å². The van der Waals surface area contributed by atoms with Gasteiger partial charge in [0.15, 0.2) is 0 Å². The summed E-state index contributed by atoms with van der Waals surface area (Å²) in [5.74, 6) is 0.368.